The maximum Gasteiger partial charge on any atom is 0.144 e. The Morgan fingerprint density at radius 2 is 1.90 bits per heavy atom. The molecule has 1 N–H and O–H groups in total. The van der Waals surface area contributed by atoms with Gasteiger partial charge in [0.15, 0.2) is 0 Å². The molecule has 0 saturated carbocycles. The Morgan fingerprint density at radius 3 is 2.60 bits per heavy atom. The lowest BCUT2D eigenvalue weighted by molar-refractivity contribution is 0.575. The molecule has 106 valence electrons. The van der Waals surface area contributed by atoms with Crippen LogP contribution in [0.2, 0.25) is 10.0 Å². The molecule has 0 fully saturated rings. The van der Waals surface area contributed by atoms with Gasteiger partial charge in [-0.15, -0.1) is 0 Å². The van der Waals surface area contributed by atoms with Gasteiger partial charge in [-0.2, -0.15) is 0 Å². The quantitative estimate of drug-likeness (QED) is 0.845. The van der Waals surface area contributed by atoms with E-state index in [-0.39, 0.29) is 16.8 Å². The van der Waals surface area contributed by atoms with Crippen molar-refractivity contribution in [2.45, 2.75) is 12.3 Å². The van der Waals surface area contributed by atoms with Gasteiger partial charge in [-0.3, -0.25) is 0 Å². The Morgan fingerprint density at radius 1 is 1.15 bits per heavy atom. The molecule has 2 aromatic rings. The lowest BCUT2D eigenvalue weighted by atomic mass is 9.91. The SMILES string of the molecule is CNCC(Cc1cccc(Cl)c1F)c1cccc(Cl)c1. The van der Waals surface area contributed by atoms with Crippen LogP contribution >= 0.6 is 23.2 Å². The number of hydrogen-bond donors (Lipinski definition) is 1. The number of likely N-dealkylation sites (N-methyl/N-ethyl adjacent to an activating group) is 1. The van der Waals surface area contributed by atoms with Crippen LogP contribution in [0, 0.1) is 5.82 Å². The molecule has 0 saturated heterocycles. The Balaban J connectivity index is 2.28. The molecule has 1 nitrogen and oxygen atoms in total. The Bertz CT molecular complexity index is 586. The highest BCUT2D eigenvalue weighted by Gasteiger charge is 2.15. The van der Waals surface area contributed by atoms with Gasteiger partial charge in [-0.05, 0) is 42.8 Å². The Hall–Kier alpha value is -1.09. The number of benzene rings is 2. The zero-order valence-corrected chi connectivity index (χ0v) is 12.7. The summed E-state index contributed by atoms with van der Waals surface area (Å²) >= 11 is 11.9. The van der Waals surface area contributed by atoms with Gasteiger partial charge in [-0.1, -0.05) is 47.5 Å². The van der Waals surface area contributed by atoms with E-state index in [4.69, 9.17) is 23.2 Å². The largest absolute Gasteiger partial charge is 0.319 e. The van der Waals surface area contributed by atoms with Crippen LogP contribution in [0.15, 0.2) is 42.5 Å². The number of hydrogen-bond acceptors (Lipinski definition) is 1. The Kier molecular flexibility index (Phi) is 5.41. The third-order valence-corrected chi connectivity index (χ3v) is 3.80. The maximum absolute atomic E-state index is 14.0. The molecule has 2 rings (SSSR count). The first-order valence-electron chi connectivity index (χ1n) is 6.44. The summed E-state index contributed by atoms with van der Waals surface area (Å²) in [5, 5.41) is 4.00. The van der Waals surface area contributed by atoms with E-state index in [0.717, 1.165) is 12.1 Å². The molecule has 0 aliphatic heterocycles. The first-order chi connectivity index (χ1) is 9.61. The first-order valence-corrected chi connectivity index (χ1v) is 7.20. The molecule has 0 radical (unpaired) electrons. The van der Waals surface area contributed by atoms with Gasteiger partial charge in [0.05, 0.1) is 5.02 Å². The molecule has 0 bridgehead atoms. The molecule has 0 amide bonds. The smallest absolute Gasteiger partial charge is 0.144 e. The van der Waals surface area contributed by atoms with Gasteiger partial charge >= 0.3 is 0 Å². The molecule has 1 atom stereocenters. The first kappa shape index (κ1) is 15.3. The van der Waals surface area contributed by atoms with Crippen LogP contribution in [-0.2, 0) is 6.42 Å². The van der Waals surface area contributed by atoms with Crippen LogP contribution in [0.5, 0.6) is 0 Å². The summed E-state index contributed by atoms with van der Waals surface area (Å²) < 4.78 is 14.0. The van der Waals surface area contributed by atoms with Crippen molar-refractivity contribution in [1.29, 1.82) is 0 Å². The summed E-state index contributed by atoms with van der Waals surface area (Å²) in [6.07, 6.45) is 0.577. The highest BCUT2D eigenvalue weighted by Crippen LogP contribution is 2.26. The maximum atomic E-state index is 14.0. The van der Waals surface area contributed by atoms with E-state index in [1.165, 1.54) is 0 Å². The van der Waals surface area contributed by atoms with Crippen molar-refractivity contribution in [2.75, 3.05) is 13.6 Å². The highest BCUT2D eigenvalue weighted by atomic mass is 35.5. The number of nitrogens with one attached hydrogen (secondary N) is 1. The fraction of sp³-hybridized carbons (Fsp3) is 0.250. The van der Waals surface area contributed by atoms with Gasteiger partial charge in [0.1, 0.15) is 5.82 Å². The fourth-order valence-electron chi connectivity index (χ4n) is 2.29. The molecule has 1 unspecified atom stereocenters. The van der Waals surface area contributed by atoms with E-state index in [1.807, 2.05) is 31.3 Å². The second kappa shape index (κ2) is 7.07. The monoisotopic (exact) mass is 311 g/mol. The topological polar surface area (TPSA) is 12.0 Å². The van der Waals surface area contributed by atoms with Crippen LogP contribution in [0.25, 0.3) is 0 Å². The van der Waals surface area contributed by atoms with E-state index >= 15 is 0 Å². The molecule has 4 heteroatoms. The van der Waals surface area contributed by atoms with Gasteiger partial charge < -0.3 is 5.32 Å². The van der Waals surface area contributed by atoms with Crippen molar-refractivity contribution in [3.63, 3.8) is 0 Å². The lowest BCUT2D eigenvalue weighted by Gasteiger charge is -2.18. The van der Waals surface area contributed by atoms with Gasteiger partial charge in [0, 0.05) is 17.5 Å². The predicted octanol–water partition coefficient (Wildman–Crippen LogP) is 4.68. The highest BCUT2D eigenvalue weighted by molar-refractivity contribution is 6.31. The molecule has 0 heterocycles. The summed E-state index contributed by atoms with van der Waals surface area (Å²) in [5.41, 5.74) is 1.71. The van der Waals surface area contributed by atoms with Crippen LogP contribution in [-0.4, -0.2) is 13.6 Å². The van der Waals surface area contributed by atoms with Crippen molar-refractivity contribution >= 4 is 23.2 Å². The van der Waals surface area contributed by atoms with E-state index in [2.05, 4.69) is 5.32 Å². The summed E-state index contributed by atoms with van der Waals surface area (Å²) in [6, 6.07) is 12.8. The van der Waals surface area contributed by atoms with Crippen molar-refractivity contribution < 1.29 is 4.39 Å². The van der Waals surface area contributed by atoms with E-state index in [0.29, 0.717) is 17.0 Å². The molecular weight excluding hydrogens is 296 g/mol. The molecular formula is C16H16Cl2FN. The average Bonchev–Trinajstić information content (AvgIpc) is 2.43. The van der Waals surface area contributed by atoms with Crippen molar-refractivity contribution in [2.24, 2.45) is 0 Å². The van der Waals surface area contributed by atoms with Crippen molar-refractivity contribution in [1.82, 2.24) is 5.32 Å². The average molecular weight is 312 g/mol. The number of rotatable bonds is 5. The molecule has 0 aromatic heterocycles. The number of halogens is 3. The molecule has 0 spiro atoms. The van der Waals surface area contributed by atoms with Crippen LogP contribution < -0.4 is 5.32 Å². The standard InChI is InChI=1S/C16H16Cl2FN/c1-20-10-13(11-4-2-6-14(17)9-11)8-12-5-3-7-15(18)16(12)19/h2-7,9,13,20H,8,10H2,1H3. The zero-order chi connectivity index (χ0) is 14.5. The zero-order valence-electron chi connectivity index (χ0n) is 11.2. The van der Waals surface area contributed by atoms with Crippen LogP contribution in [0.3, 0.4) is 0 Å². The van der Waals surface area contributed by atoms with Crippen LogP contribution in [0.4, 0.5) is 4.39 Å². The van der Waals surface area contributed by atoms with Gasteiger partial charge in [0.25, 0.3) is 0 Å². The van der Waals surface area contributed by atoms with E-state index < -0.39 is 0 Å². The second-order valence-electron chi connectivity index (χ2n) is 4.73. The summed E-state index contributed by atoms with van der Waals surface area (Å²) in [6.45, 7) is 0.742. The minimum atomic E-state index is -0.336. The van der Waals surface area contributed by atoms with Crippen molar-refractivity contribution in [3.05, 3.63) is 69.5 Å². The summed E-state index contributed by atoms with van der Waals surface area (Å²) in [4.78, 5) is 0. The molecule has 0 aliphatic rings. The van der Waals surface area contributed by atoms with E-state index in [9.17, 15) is 4.39 Å². The summed E-state index contributed by atoms with van der Waals surface area (Å²) in [7, 11) is 1.88. The lowest BCUT2D eigenvalue weighted by Crippen LogP contribution is -2.19. The molecule has 0 aliphatic carbocycles. The van der Waals surface area contributed by atoms with Gasteiger partial charge in [-0.25, -0.2) is 4.39 Å². The van der Waals surface area contributed by atoms with Gasteiger partial charge in [0.2, 0.25) is 0 Å². The fourth-order valence-corrected chi connectivity index (χ4v) is 2.68. The van der Waals surface area contributed by atoms with Crippen molar-refractivity contribution in [3.8, 4) is 0 Å². The normalized spacial score (nSPS) is 12.4. The Labute approximate surface area is 128 Å². The molecule has 2 aromatic carbocycles. The minimum Gasteiger partial charge on any atom is -0.319 e. The second-order valence-corrected chi connectivity index (χ2v) is 5.57. The summed E-state index contributed by atoms with van der Waals surface area (Å²) in [5.74, 6) is -0.191. The van der Waals surface area contributed by atoms with Crippen LogP contribution in [0.1, 0.15) is 17.0 Å². The molecule has 20 heavy (non-hydrogen) atoms. The predicted molar refractivity (Wildman–Crippen MR) is 83.2 cm³/mol. The van der Waals surface area contributed by atoms with E-state index in [1.54, 1.807) is 18.2 Å². The minimum absolute atomic E-state index is 0.145. The third-order valence-electron chi connectivity index (χ3n) is 3.27. The third kappa shape index (κ3) is 3.72.